The van der Waals surface area contributed by atoms with E-state index in [2.05, 4.69) is 36.8 Å². The van der Waals surface area contributed by atoms with Gasteiger partial charge in [0.05, 0.1) is 18.7 Å². The maximum atomic E-state index is 12.8. The van der Waals surface area contributed by atoms with Crippen LogP contribution in [0.15, 0.2) is 10.7 Å². The van der Waals surface area contributed by atoms with Crippen LogP contribution in [0.25, 0.3) is 0 Å². The number of aromatic nitrogens is 1. The van der Waals surface area contributed by atoms with Crippen molar-refractivity contribution in [2.24, 2.45) is 0 Å². The molecule has 18 heavy (non-hydrogen) atoms. The SMILES string of the molecule is CCOC(=O)Cc1cc(C(F)F)c(CBr)nc1Br. The molecule has 0 spiro atoms. The first-order chi connectivity index (χ1) is 8.49. The van der Waals surface area contributed by atoms with Crippen LogP contribution in [0.2, 0.25) is 0 Å². The highest BCUT2D eigenvalue weighted by molar-refractivity contribution is 9.10. The minimum atomic E-state index is -2.63. The second-order valence-corrected chi connectivity index (χ2v) is 4.70. The number of ether oxygens (including phenoxy) is 1. The van der Waals surface area contributed by atoms with Crippen molar-refractivity contribution < 1.29 is 18.3 Å². The zero-order chi connectivity index (χ0) is 13.7. The number of halogens is 4. The van der Waals surface area contributed by atoms with Gasteiger partial charge in [0.1, 0.15) is 4.60 Å². The van der Waals surface area contributed by atoms with Crippen LogP contribution in [-0.4, -0.2) is 17.6 Å². The van der Waals surface area contributed by atoms with Gasteiger partial charge in [-0.1, -0.05) is 15.9 Å². The van der Waals surface area contributed by atoms with Crippen LogP contribution in [0.1, 0.15) is 30.2 Å². The third-order valence-corrected chi connectivity index (χ3v) is 3.38. The van der Waals surface area contributed by atoms with Gasteiger partial charge in [-0.3, -0.25) is 4.79 Å². The first-order valence-electron chi connectivity index (χ1n) is 5.17. The molecule has 1 aromatic heterocycles. The Morgan fingerprint density at radius 3 is 2.72 bits per heavy atom. The zero-order valence-electron chi connectivity index (χ0n) is 9.55. The molecule has 0 N–H and O–H groups in total. The van der Waals surface area contributed by atoms with Gasteiger partial charge >= 0.3 is 5.97 Å². The predicted octanol–water partition coefficient (Wildman–Crippen LogP) is 3.78. The Morgan fingerprint density at radius 2 is 2.22 bits per heavy atom. The smallest absolute Gasteiger partial charge is 0.310 e. The molecule has 0 aliphatic heterocycles. The number of hydrogen-bond acceptors (Lipinski definition) is 3. The number of carbonyl (C=O) groups excluding carboxylic acids is 1. The number of pyridine rings is 1. The van der Waals surface area contributed by atoms with Gasteiger partial charge < -0.3 is 4.74 Å². The number of nitrogens with zero attached hydrogens (tertiary/aromatic N) is 1. The summed E-state index contributed by atoms with van der Waals surface area (Å²) in [6.07, 6.45) is -2.71. The van der Waals surface area contributed by atoms with E-state index in [1.165, 1.54) is 6.07 Å². The Bertz CT molecular complexity index is 441. The molecular weight excluding hydrogens is 376 g/mol. The molecule has 100 valence electrons. The number of alkyl halides is 3. The largest absolute Gasteiger partial charge is 0.466 e. The first-order valence-corrected chi connectivity index (χ1v) is 7.09. The van der Waals surface area contributed by atoms with Crippen molar-refractivity contribution in [1.82, 2.24) is 4.98 Å². The Labute approximate surface area is 120 Å². The van der Waals surface area contributed by atoms with Crippen LogP contribution in [0, 0.1) is 0 Å². The molecule has 3 nitrogen and oxygen atoms in total. The number of carbonyl (C=O) groups is 1. The van der Waals surface area contributed by atoms with E-state index in [-0.39, 0.29) is 29.6 Å². The molecule has 0 aromatic carbocycles. The van der Waals surface area contributed by atoms with Crippen LogP contribution in [-0.2, 0) is 21.3 Å². The monoisotopic (exact) mass is 385 g/mol. The van der Waals surface area contributed by atoms with Gasteiger partial charge in [-0.25, -0.2) is 13.8 Å². The van der Waals surface area contributed by atoms with E-state index in [0.717, 1.165) is 0 Å². The van der Waals surface area contributed by atoms with E-state index in [4.69, 9.17) is 4.74 Å². The molecule has 0 bridgehead atoms. The predicted molar refractivity (Wildman–Crippen MR) is 69.9 cm³/mol. The molecule has 0 fully saturated rings. The summed E-state index contributed by atoms with van der Waals surface area (Å²) in [5.74, 6) is -0.466. The topological polar surface area (TPSA) is 39.2 Å². The van der Waals surface area contributed by atoms with Crippen molar-refractivity contribution in [2.75, 3.05) is 6.61 Å². The fraction of sp³-hybridized carbons (Fsp3) is 0.455. The standard InChI is InChI=1S/C11H11Br2F2NO2/c1-2-18-9(17)4-6-3-7(11(14)15)8(5-12)16-10(6)13/h3,11H,2,4-5H2,1H3. The molecular formula is C11H11Br2F2NO2. The van der Waals surface area contributed by atoms with Crippen molar-refractivity contribution in [2.45, 2.75) is 25.1 Å². The fourth-order valence-corrected chi connectivity index (χ4v) is 2.29. The summed E-state index contributed by atoms with van der Waals surface area (Å²) in [6, 6.07) is 1.29. The minimum absolute atomic E-state index is 0.0797. The van der Waals surface area contributed by atoms with E-state index in [1.807, 2.05) is 0 Å². The van der Waals surface area contributed by atoms with E-state index in [1.54, 1.807) is 6.92 Å². The molecule has 0 saturated carbocycles. The van der Waals surface area contributed by atoms with Crippen LogP contribution in [0.5, 0.6) is 0 Å². The van der Waals surface area contributed by atoms with Crippen LogP contribution < -0.4 is 0 Å². The Morgan fingerprint density at radius 1 is 1.56 bits per heavy atom. The summed E-state index contributed by atoms with van der Waals surface area (Å²) < 4.78 is 30.8. The molecule has 0 saturated heterocycles. The van der Waals surface area contributed by atoms with Crippen LogP contribution in [0.4, 0.5) is 8.78 Å². The Hall–Kier alpha value is -0.560. The van der Waals surface area contributed by atoms with Gasteiger partial charge in [0.25, 0.3) is 6.43 Å². The highest BCUT2D eigenvalue weighted by Gasteiger charge is 2.18. The highest BCUT2D eigenvalue weighted by atomic mass is 79.9. The van der Waals surface area contributed by atoms with Gasteiger partial charge in [0, 0.05) is 10.9 Å². The van der Waals surface area contributed by atoms with E-state index in [9.17, 15) is 13.6 Å². The summed E-state index contributed by atoms with van der Waals surface area (Å²) in [4.78, 5) is 15.3. The molecule has 0 unspecified atom stereocenters. The maximum Gasteiger partial charge on any atom is 0.310 e. The van der Waals surface area contributed by atoms with Gasteiger partial charge in [0.15, 0.2) is 0 Å². The van der Waals surface area contributed by atoms with Gasteiger partial charge in [0.2, 0.25) is 0 Å². The molecule has 0 radical (unpaired) electrons. The third-order valence-electron chi connectivity index (χ3n) is 2.16. The van der Waals surface area contributed by atoms with Crippen molar-refractivity contribution in [3.63, 3.8) is 0 Å². The summed E-state index contributed by atoms with van der Waals surface area (Å²) in [5, 5.41) is 0.227. The average molecular weight is 387 g/mol. The zero-order valence-corrected chi connectivity index (χ0v) is 12.7. The molecule has 0 amide bonds. The molecule has 0 atom stereocenters. The van der Waals surface area contributed by atoms with E-state index in [0.29, 0.717) is 10.2 Å². The normalized spacial score (nSPS) is 10.8. The van der Waals surface area contributed by atoms with E-state index >= 15 is 0 Å². The molecule has 0 aliphatic rings. The summed E-state index contributed by atoms with van der Waals surface area (Å²) in [7, 11) is 0. The second kappa shape index (κ2) is 7.13. The minimum Gasteiger partial charge on any atom is -0.466 e. The molecule has 1 rings (SSSR count). The lowest BCUT2D eigenvalue weighted by Gasteiger charge is -2.10. The van der Waals surface area contributed by atoms with Crippen LogP contribution >= 0.6 is 31.9 Å². The molecule has 7 heteroatoms. The van der Waals surface area contributed by atoms with Crippen molar-refractivity contribution in [3.8, 4) is 0 Å². The van der Waals surface area contributed by atoms with Crippen molar-refractivity contribution in [1.29, 1.82) is 0 Å². The van der Waals surface area contributed by atoms with Gasteiger partial charge in [-0.2, -0.15) is 0 Å². The lowest BCUT2D eigenvalue weighted by Crippen LogP contribution is -2.10. The van der Waals surface area contributed by atoms with Gasteiger partial charge in [-0.05, 0) is 34.5 Å². The summed E-state index contributed by atoms with van der Waals surface area (Å²) in [5.41, 5.74) is 0.479. The Balaban J connectivity index is 3.05. The quantitative estimate of drug-likeness (QED) is 0.439. The second-order valence-electron chi connectivity index (χ2n) is 3.39. The molecule has 0 aliphatic carbocycles. The van der Waals surface area contributed by atoms with Crippen LogP contribution in [0.3, 0.4) is 0 Å². The van der Waals surface area contributed by atoms with Gasteiger partial charge in [-0.15, -0.1) is 0 Å². The molecule has 1 aromatic rings. The summed E-state index contributed by atoms with van der Waals surface area (Å²) >= 11 is 6.27. The Kier molecular flexibility index (Phi) is 6.14. The highest BCUT2D eigenvalue weighted by Crippen LogP contribution is 2.28. The lowest BCUT2D eigenvalue weighted by atomic mass is 10.1. The molecule has 1 heterocycles. The lowest BCUT2D eigenvalue weighted by molar-refractivity contribution is -0.142. The fourth-order valence-electron chi connectivity index (χ4n) is 1.37. The summed E-state index contributed by atoms with van der Waals surface area (Å²) in [6.45, 7) is 1.94. The number of esters is 1. The average Bonchev–Trinajstić information content (AvgIpc) is 2.31. The number of rotatable bonds is 5. The number of hydrogen-bond donors (Lipinski definition) is 0. The van der Waals surface area contributed by atoms with Crippen molar-refractivity contribution >= 4 is 37.8 Å². The first kappa shape index (κ1) is 15.5. The van der Waals surface area contributed by atoms with Crippen molar-refractivity contribution in [3.05, 3.63) is 27.5 Å². The third kappa shape index (κ3) is 3.98. The van der Waals surface area contributed by atoms with E-state index < -0.39 is 12.4 Å². The maximum absolute atomic E-state index is 12.8.